The quantitative estimate of drug-likeness (QED) is 0.389. The SMILES string of the molecule is CCNc1sc(S(=O)(=O)NCCCS(C)=O)cc1[N+](=O)[O-]. The van der Waals surface area contributed by atoms with Crippen molar-refractivity contribution in [3.05, 3.63) is 16.2 Å². The molecule has 0 spiro atoms. The van der Waals surface area contributed by atoms with Crippen LogP contribution in [0.25, 0.3) is 0 Å². The van der Waals surface area contributed by atoms with Crippen LogP contribution in [0.3, 0.4) is 0 Å². The molecule has 0 fully saturated rings. The molecule has 1 heterocycles. The molecule has 1 rings (SSSR count). The van der Waals surface area contributed by atoms with Gasteiger partial charge in [0, 0.05) is 42.0 Å². The fraction of sp³-hybridized carbons (Fsp3) is 0.600. The van der Waals surface area contributed by atoms with Gasteiger partial charge in [-0.2, -0.15) is 0 Å². The molecule has 11 heteroatoms. The number of nitrogens with one attached hydrogen (secondary N) is 2. The average Bonchev–Trinajstić information content (AvgIpc) is 2.80. The fourth-order valence-electron chi connectivity index (χ4n) is 1.47. The summed E-state index contributed by atoms with van der Waals surface area (Å²) in [6.07, 6.45) is 1.98. The van der Waals surface area contributed by atoms with Crippen molar-refractivity contribution in [2.24, 2.45) is 0 Å². The maximum absolute atomic E-state index is 12.0. The number of anilines is 1. The van der Waals surface area contributed by atoms with Crippen molar-refractivity contribution >= 4 is 42.8 Å². The van der Waals surface area contributed by atoms with E-state index in [9.17, 15) is 22.7 Å². The van der Waals surface area contributed by atoms with E-state index in [0.717, 1.165) is 17.4 Å². The van der Waals surface area contributed by atoms with Gasteiger partial charge in [0.1, 0.15) is 4.21 Å². The van der Waals surface area contributed by atoms with Gasteiger partial charge in [0.05, 0.1) is 4.92 Å². The Morgan fingerprint density at radius 2 is 2.14 bits per heavy atom. The molecule has 1 aromatic heterocycles. The molecule has 0 aliphatic carbocycles. The molecular weight excluding hydrogens is 338 g/mol. The van der Waals surface area contributed by atoms with Crippen LogP contribution in [0.1, 0.15) is 13.3 Å². The smallest absolute Gasteiger partial charge is 0.304 e. The van der Waals surface area contributed by atoms with Crippen molar-refractivity contribution in [1.29, 1.82) is 0 Å². The van der Waals surface area contributed by atoms with E-state index >= 15 is 0 Å². The van der Waals surface area contributed by atoms with Crippen LogP contribution >= 0.6 is 11.3 Å². The van der Waals surface area contributed by atoms with Crippen LogP contribution < -0.4 is 10.0 Å². The minimum absolute atomic E-state index is 0.109. The van der Waals surface area contributed by atoms with Crippen molar-refractivity contribution < 1.29 is 17.6 Å². The van der Waals surface area contributed by atoms with Gasteiger partial charge in [-0.3, -0.25) is 14.3 Å². The third kappa shape index (κ3) is 5.34. The first-order chi connectivity index (χ1) is 9.77. The van der Waals surface area contributed by atoms with Gasteiger partial charge < -0.3 is 5.32 Å². The molecule has 0 aliphatic heterocycles. The van der Waals surface area contributed by atoms with Gasteiger partial charge in [0.25, 0.3) is 0 Å². The molecule has 0 aromatic carbocycles. The molecule has 1 aromatic rings. The monoisotopic (exact) mass is 355 g/mol. The van der Waals surface area contributed by atoms with Crippen molar-refractivity contribution in [3.63, 3.8) is 0 Å². The lowest BCUT2D eigenvalue weighted by Gasteiger charge is -2.03. The minimum atomic E-state index is -3.79. The zero-order valence-corrected chi connectivity index (χ0v) is 14.1. The Bertz CT molecular complexity index is 626. The minimum Gasteiger partial charge on any atom is -0.372 e. The van der Waals surface area contributed by atoms with Crippen LogP contribution in [-0.2, 0) is 20.8 Å². The lowest BCUT2D eigenvalue weighted by molar-refractivity contribution is -0.383. The summed E-state index contributed by atoms with van der Waals surface area (Å²) in [5, 5.41) is 13.9. The van der Waals surface area contributed by atoms with Crippen LogP contribution in [0, 0.1) is 10.1 Å². The summed E-state index contributed by atoms with van der Waals surface area (Å²) in [5.41, 5.74) is -0.253. The molecule has 0 saturated carbocycles. The Morgan fingerprint density at radius 3 is 2.67 bits per heavy atom. The number of sulfonamides is 1. The first kappa shape index (κ1) is 18.0. The van der Waals surface area contributed by atoms with Crippen LogP contribution in [0.5, 0.6) is 0 Å². The maximum atomic E-state index is 12.0. The highest BCUT2D eigenvalue weighted by molar-refractivity contribution is 7.91. The van der Waals surface area contributed by atoms with E-state index in [1.807, 2.05) is 0 Å². The first-order valence-electron chi connectivity index (χ1n) is 6.09. The van der Waals surface area contributed by atoms with E-state index in [4.69, 9.17) is 0 Å². The number of nitrogens with zero attached hydrogens (tertiary/aromatic N) is 1. The number of hydrogen-bond acceptors (Lipinski definition) is 7. The van der Waals surface area contributed by atoms with E-state index in [2.05, 4.69) is 10.0 Å². The number of hydrogen-bond donors (Lipinski definition) is 2. The van der Waals surface area contributed by atoms with Crippen LogP contribution in [0.4, 0.5) is 10.7 Å². The Kier molecular flexibility index (Phi) is 6.71. The molecule has 0 bridgehead atoms. The topological polar surface area (TPSA) is 118 Å². The van der Waals surface area contributed by atoms with Crippen molar-refractivity contribution in [2.45, 2.75) is 17.6 Å². The van der Waals surface area contributed by atoms with Gasteiger partial charge in [-0.1, -0.05) is 11.3 Å². The maximum Gasteiger partial charge on any atom is 0.304 e. The molecule has 0 radical (unpaired) electrons. The molecule has 21 heavy (non-hydrogen) atoms. The molecule has 2 N–H and O–H groups in total. The zero-order chi connectivity index (χ0) is 16.0. The van der Waals surface area contributed by atoms with E-state index in [-0.39, 0.29) is 21.4 Å². The third-order valence-electron chi connectivity index (χ3n) is 2.39. The zero-order valence-electron chi connectivity index (χ0n) is 11.6. The van der Waals surface area contributed by atoms with E-state index in [1.165, 1.54) is 0 Å². The van der Waals surface area contributed by atoms with Crippen LogP contribution in [-0.4, -0.2) is 42.6 Å². The lowest BCUT2D eigenvalue weighted by Crippen LogP contribution is -2.25. The molecule has 0 amide bonds. The molecule has 0 saturated heterocycles. The molecule has 1 atom stereocenters. The second-order valence-electron chi connectivity index (χ2n) is 4.10. The Labute approximate surface area is 129 Å². The second-order valence-corrected chi connectivity index (χ2v) is 8.70. The summed E-state index contributed by atoms with van der Waals surface area (Å²) in [5.74, 6) is 0.399. The standard InChI is InChI=1S/C10H17N3O5S3/c1-3-11-10-8(13(14)15)7-9(19-10)21(17,18)12-5-4-6-20(2)16/h7,11-12H,3-6H2,1-2H3. The van der Waals surface area contributed by atoms with E-state index < -0.39 is 25.7 Å². The summed E-state index contributed by atoms with van der Waals surface area (Å²) < 4.78 is 37.2. The van der Waals surface area contributed by atoms with Gasteiger partial charge in [-0.05, 0) is 13.3 Å². The van der Waals surface area contributed by atoms with Gasteiger partial charge in [-0.25, -0.2) is 13.1 Å². The number of thiophene rings is 1. The Hall–Kier alpha value is -1.04. The summed E-state index contributed by atoms with van der Waals surface area (Å²) in [7, 11) is -4.76. The summed E-state index contributed by atoms with van der Waals surface area (Å²) >= 11 is 0.820. The third-order valence-corrected chi connectivity index (χ3v) is 6.27. The van der Waals surface area contributed by atoms with E-state index in [0.29, 0.717) is 18.7 Å². The van der Waals surface area contributed by atoms with E-state index in [1.54, 1.807) is 13.2 Å². The summed E-state index contributed by atoms with van der Waals surface area (Å²) in [6, 6.07) is 1.04. The highest BCUT2D eigenvalue weighted by atomic mass is 32.2. The Balaban J connectivity index is 2.85. The highest BCUT2D eigenvalue weighted by Gasteiger charge is 2.25. The molecular formula is C10H17N3O5S3. The number of nitro groups is 1. The van der Waals surface area contributed by atoms with Crippen molar-refractivity contribution in [2.75, 3.05) is 30.4 Å². The predicted molar refractivity (Wildman–Crippen MR) is 83.9 cm³/mol. The fourth-order valence-corrected chi connectivity index (χ4v) is 4.53. The lowest BCUT2D eigenvalue weighted by atomic mass is 10.5. The molecule has 1 unspecified atom stereocenters. The summed E-state index contributed by atoms with van der Waals surface area (Å²) in [6.45, 7) is 2.36. The normalized spacial score (nSPS) is 13.0. The Morgan fingerprint density at radius 1 is 1.48 bits per heavy atom. The molecule has 0 aliphatic rings. The van der Waals surface area contributed by atoms with Crippen LogP contribution in [0.15, 0.2) is 10.3 Å². The average molecular weight is 355 g/mol. The number of rotatable bonds is 9. The predicted octanol–water partition coefficient (Wildman–Crippen LogP) is 1.14. The highest BCUT2D eigenvalue weighted by Crippen LogP contribution is 2.36. The first-order valence-corrected chi connectivity index (χ1v) is 10.1. The van der Waals surface area contributed by atoms with Gasteiger partial charge >= 0.3 is 5.69 Å². The van der Waals surface area contributed by atoms with Crippen molar-refractivity contribution in [3.8, 4) is 0 Å². The van der Waals surface area contributed by atoms with Gasteiger partial charge in [-0.15, -0.1) is 0 Å². The molecule has 8 nitrogen and oxygen atoms in total. The van der Waals surface area contributed by atoms with Crippen molar-refractivity contribution in [1.82, 2.24) is 4.72 Å². The van der Waals surface area contributed by atoms with Crippen LogP contribution in [0.2, 0.25) is 0 Å². The van der Waals surface area contributed by atoms with Gasteiger partial charge in [0.15, 0.2) is 5.00 Å². The summed E-state index contributed by atoms with van der Waals surface area (Å²) in [4.78, 5) is 10.3. The van der Waals surface area contributed by atoms with Gasteiger partial charge in [0.2, 0.25) is 10.0 Å². The second kappa shape index (κ2) is 7.82. The largest absolute Gasteiger partial charge is 0.372 e. The molecule has 120 valence electrons.